The van der Waals surface area contributed by atoms with Gasteiger partial charge in [0.25, 0.3) is 0 Å². The number of pyridine rings is 1. The number of benzene rings is 2. The summed E-state index contributed by atoms with van der Waals surface area (Å²) in [6, 6.07) is 10.3. The van der Waals surface area contributed by atoms with E-state index in [4.69, 9.17) is 16.3 Å². The van der Waals surface area contributed by atoms with Crippen LogP contribution in [0.5, 0.6) is 17.2 Å². The highest BCUT2D eigenvalue weighted by molar-refractivity contribution is 6.30. The zero-order valence-electron chi connectivity index (χ0n) is 14.1. The van der Waals surface area contributed by atoms with E-state index in [1.54, 1.807) is 49.4 Å². The van der Waals surface area contributed by atoms with Gasteiger partial charge < -0.3 is 20.3 Å². The van der Waals surface area contributed by atoms with Crippen LogP contribution in [0.4, 0.5) is 0 Å². The molecule has 0 saturated heterocycles. The van der Waals surface area contributed by atoms with Gasteiger partial charge in [0, 0.05) is 21.5 Å². The number of ether oxygens (including phenoxy) is 1. The van der Waals surface area contributed by atoms with Crippen molar-refractivity contribution in [3.8, 4) is 17.2 Å². The Bertz CT molecular complexity index is 1020. The first-order chi connectivity index (χ1) is 12.9. The van der Waals surface area contributed by atoms with Crippen LogP contribution in [0, 0.1) is 6.92 Å². The molecule has 0 aliphatic carbocycles. The Labute approximate surface area is 159 Å². The van der Waals surface area contributed by atoms with Crippen molar-refractivity contribution in [3.63, 3.8) is 0 Å². The maximum atomic E-state index is 11.4. The Hall–Kier alpha value is -3.32. The molecule has 27 heavy (non-hydrogen) atoms. The zero-order chi connectivity index (χ0) is 19.6. The molecule has 0 aliphatic rings. The van der Waals surface area contributed by atoms with Crippen molar-refractivity contribution in [3.05, 3.63) is 58.9 Å². The van der Waals surface area contributed by atoms with Crippen molar-refractivity contribution in [2.24, 2.45) is 0 Å². The van der Waals surface area contributed by atoms with Gasteiger partial charge in [0.05, 0.1) is 0 Å². The van der Waals surface area contributed by atoms with Gasteiger partial charge in [-0.1, -0.05) is 11.6 Å². The van der Waals surface area contributed by atoms with E-state index in [9.17, 15) is 19.8 Å². The number of fused-ring (bicyclic) bond motifs is 1. The lowest BCUT2D eigenvalue weighted by molar-refractivity contribution is -0.140. The van der Waals surface area contributed by atoms with E-state index in [0.717, 1.165) is 0 Å². The molecule has 1 atom stereocenters. The molecule has 138 valence electrons. The van der Waals surface area contributed by atoms with Crippen molar-refractivity contribution in [2.45, 2.75) is 13.0 Å². The lowest BCUT2D eigenvalue weighted by Gasteiger charge is -2.16. The summed E-state index contributed by atoms with van der Waals surface area (Å²) in [7, 11) is 0. The highest BCUT2D eigenvalue weighted by Crippen LogP contribution is 2.36. The van der Waals surface area contributed by atoms with Crippen LogP contribution in [0.2, 0.25) is 5.02 Å². The molecule has 0 aliphatic heterocycles. The smallest absolute Gasteiger partial charge is 0.332 e. The molecule has 0 spiro atoms. The second kappa shape index (κ2) is 7.51. The number of hydrogen-bond donors (Lipinski definition) is 3. The predicted octanol–water partition coefficient (Wildman–Crippen LogP) is 3.57. The molecule has 3 N–H and O–H groups in total. The average Bonchev–Trinajstić information content (AvgIpc) is 2.64. The van der Waals surface area contributed by atoms with E-state index in [1.807, 2.05) is 0 Å². The summed E-state index contributed by atoms with van der Waals surface area (Å²) in [5.74, 6) is -0.682. The second-order valence-corrected chi connectivity index (χ2v) is 6.19. The summed E-state index contributed by atoms with van der Waals surface area (Å²) in [5, 5.41) is 23.6. The number of carbonyl (C=O) groups excluding carboxylic acids is 1. The summed E-state index contributed by atoms with van der Waals surface area (Å²) >= 11 is 5.86. The van der Waals surface area contributed by atoms with Crippen molar-refractivity contribution < 1.29 is 24.5 Å². The Morgan fingerprint density at radius 3 is 2.48 bits per heavy atom. The molecule has 3 rings (SSSR count). The van der Waals surface area contributed by atoms with E-state index in [1.165, 1.54) is 0 Å². The molecule has 8 heteroatoms. The molecular weight excluding hydrogens is 372 g/mol. The highest BCUT2D eigenvalue weighted by Gasteiger charge is 2.26. The lowest BCUT2D eigenvalue weighted by atomic mass is 10.0. The number of carboxylic acid groups (broad SMARTS) is 1. The number of aromatic nitrogens is 1. The molecule has 0 unspecified atom stereocenters. The first-order valence-corrected chi connectivity index (χ1v) is 8.27. The van der Waals surface area contributed by atoms with Gasteiger partial charge in [-0.25, -0.2) is 4.79 Å². The van der Waals surface area contributed by atoms with Gasteiger partial charge in [0.2, 0.25) is 6.41 Å². The fraction of sp³-hybridized carbons (Fsp3) is 0.105. The molecule has 7 nitrogen and oxygen atoms in total. The third-order valence-electron chi connectivity index (χ3n) is 3.97. The molecule has 0 radical (unpaired) electrons. The van der Waals surface area contributed by atoms with Gasteiger partial charge in [0.15, 0.2) is 6.04 Å². The van der Waals surface area contributed by atoms with Gasteiger partial charge in [-0.15, -0.1) is 0 Å². The Morgan fingerprint density at radius 1 is 1.19 bits per heavy atom. The standard InChI is InChI=1S/C19H15ClN2O5/c1-10-14-7-6-13(27-12-4-2-11(20)3-5-12)8-15(14)18(24)16(22-10)17(19(25)26)21-9-23/h2-9,17,24H,1H3,(H,21,23)(H,25,26)/t17-/m0/s1. The first-order valence-electron chi connectivity index (χ1n) is 7.90. The number of aliphatic carboxylic acids is 1. The number of aromatic hydroxyl groups is 1. The Morgan fingerprint density at radius 2 is 1.85 bits per heavy atom. The number of amides is 1. The van der Waals surface area contributed by atoms with Gasteiger partial charge >= 0.3 is 5.97 Å². The normalized spacial score (nSPS) is 11.8. The molecule has 2 aromatic carbocycles. The quantitative estimate of drug-likeness (QED) is 0.559. The third-order valence-corrected chi connectivity index (χ3v) is 4.22. The van der Waals surface area contributed by atoms with Crippen LogP contribution in [0.25, 0.3) is 10.8 Å². The van der Waals surface area contributed by atoms with Crippen molar-refractivity contribution in [1.29, 1.82) is 0 Å². The Kier molecular flexibility index (Phi) is 5.14. The summed E-state index contributed by atoms with van der Waals surface area (Å²) in [4.78, 5) is 26.3. The summed E-state index contributed by atoms with van der Waals surface area (Å²) in [6.45, 7) is 1.69. The number of halogens is 1. The van der Waals surface area contributed by atoms with Crippen LogP contribution >= 0.6 is 11.6 Å². The minimum atomic E-state index is -1.47. The number of carboxylic acids is 1. The minimum Gasteiger partial charge on any atom is -0.505 e. The lowest BCUT2D eigenvalue weighted by Crippen LogP contribution is -2.28. The van der Waals surface area contributed by atoms with Gasteiger partial charge in [0.1, 0.15) is 22.9 Å². The SMILES string of the molecule is Cc1nc([C@H](NC=O)C(=O)O)c(O)c2cc(Oc3ccc(Cl)cc3)ccc12. The van der Waals surface area contributed by atoms with E-state index in [-0.39, 0.29) is 17.9 Å². The zero-order valence-corrected chi connectivity index (χ0v) is 14.9. The summed E-state index contributed by atoms with van der Waals surface area (Å²) in [5.41, 5.74) is 0.359. The maximum absolute atomic E-state index is 11.4. The minimum absolute atomic E-state index is 0.150. The van der Waals surface area contributed by atoms with Crippen LogP contribution in [0.3, 0.4) is 0 Å². The van der Waals surface area contributed by atoms with Crippen LogP contribution in [0.1, 0.15) is 17.4 Å². The van der Waals surface area contributed by atoms with E-state index >= 15 is 0 Å². The van der Waals surface area contributed by atoms with Crippen LogP contribution in [-0.4, -0.2) is 27.6 Å². The molecule has 1 heterocycles. The Balaban J connectivity index is 2.08. The molecule has 1 aromatic heterocycles. The van der Waals surface area contributed by atoms with Gasteiger partial charge in [-0.05, 0) is 49.4 Å². The molecular formula is C19H15ClN2O5. The van der Waals surface area contributed by atoms with Crippen LogP contribution in [-0.2, 0) is 9.59 Å². The monoisotopic (exact) mass is 386 g/mol. The van der Waals surface area contributed by atoms with E-state index < -0.39 is 12.0 Å². The van der Waals surface area contributed by atoms with Crippen LogP contribution < -0.4 is 10.1 Å². The number of rotatable bonds is 6. The number of carbonyl (C=O) groups is 2. The fourth-order valence-corrected chi connectivity index (χ4v) is 2.83. The largest absolute Gasteiger partial charge is 0.505 e. The number of nitrogens with one attached hydrogen (secondary N) is 1. The topological polar surface area (TPSA) is 109 Å². The summed E-state index contributed by atoms with van der Waals surface area (Å²) < 4.78 is 5.75. The van der Waals surface area contributed by atoms with Crippen molar-refractivity contribution in [1.82, 2.24) is 10.3 Å². The second-order valence-electron chi connectivity index (χ2n) is 5.75. The third kappa shape index (κ3) is 3.78. The molecule has 1 amide bonds. The molecule has 0 bridgehead atoms. The van der Waals surface area contributed by atoms with Gasteiger partial charge in [-0.2, -0.15) is 0 Å². The number of nitrogens with zero attached hydrogens (tertiary/aromatic N) is 1. The van der Waals surface area contributed by atoms with Crippen LogP contribution in [0.15, 0.2) is 42.5 Å². The van der Waals surface area contributed by atoms with Crippen molar-refractivity contribution >= 4 is 34.8 Å². The first kappa shape index (κ1) is 18.5. The van der Waals surface area contributed by atoms with E-state index in [2.05, 4.69) is 10.3 Å². The maximum Gasteiger partial charge on any atom is 0.332 e. The predicted molar refractivity (Wildman–Crippen MR) is 99.2 cm³/mol. The highest BCUT2D eigenvalue weighted by atomic mass is 35.5. The van der Waals surface area contributed by atoms with Gasteiger partial charge in [-0.3, -0.25) is 9.78 Å². The fourth-order valence-electron chi connectivity index (χ4n) is 2.71. The molecule has 0 saturated carbocycles. The number of aryl methyl sites for hydroxylation is 1. The summed E-state index contributed by atoms with van der Waals surface area (Å²) in [6.07, 6.45) is 0.250. The number of hydrogen-bond acceptors (Lipinski definition) is 5. The molecule has 3 aromatic rings. The molecule has 0 fully saturated rings. The van der Waals surface area contributed by atoms with E-state index in [0.29, 0.717) is 33.0 Å². The average molecular weight is 387 g/mol. The van der Waals surface area contributed by atoms with Crippen molar-refractivity contribution in [2.75, 3.05) is 0 Å².